The van der Waals surface area contributed by atoms with Crippen LogP contribution < -0.4 is 9.64 Å². The lowest BCUT2D eigenvalue weighted by Gasteiger charge is -2.26. The molecule has 1 heterocycles. The number of aliphatic hydroxyl groups is 1. The van der Waals surface area contributed by atoms with Crippen molar-refractivity contribution < 1.29 is 19.4 Å². The first kappa shape index (κ1) is 26.0. The number of benzene rings is 2. The van der Waals surface area contributed by atoms with E-state index in [2.05, 4.69) is 6.58 Å². The van der Waals surface area contributed by atoms with Crippen LogP contribution in [0.1, 0.15) is 29.2 Å². The van der Waals surface area contributed by atoms with Gasteiger partial charge in [0.05, 0.1) is 11.6 Å². The van der Waals surface area contributed by atoms with E-state index in [9.17, 15) is 14.7 Å². The Balaban J connectivity index is 2.08. The van der Waals surface area contributed by atoms with Gasteiger partial charge in [0.2, 0.25) is 0 Å². The summed E-state index contributed by atoms with van der Waals surface area (Å²) >= 11 is 0. The van der Waals surface area contributed by atoms with Gasteiger partial charge in [0, 0.05) is 31.9 Å². The van der Waals surface area contributed by atoms with E-state index >= 15 is 0 Å². The Morgan fingerprint density at radius 2 is 1.80 bits per heavy atom. The molecule has 2 aromatic carbocycles. The molecule has 1 saturated heterocycles. The van der Waals surface area contributed by atoms with Crippen LogP contribution in [-0.2, 0) is 9.59 Å². The predicted octanol–water partition coefficient (Wildman–Crippen LogP) is 4.00. The largest absolute Gasteiger partial charge is 0.507 e. The average Bonchev–Trinajstić information content (AvgIpc) is 3.07. The highest BCUT2D eigenvalue weighted by atomic mass is 16.5. The number of ether oxygens (including phenoxy) is 1. The Labute approximate surface area is 207 Å². The van der Waals surface area contributed by atoms with E-state index in [0.29, 0.717) is 30.9 Å². The summed E-state index contributed by atoms with van der Waals surface area (Å²) in [6.07, 6.45) is 2.36. The van der Waals surface area contributed by atoms with Crippen molar-refractivity contribution in [3.63, 3.8) is 0 Å². The van der Waals surface area contributed by atoms with Crippen molar-refractivity contribution in [3.05, 3.63) is 77.4 Å². The molecule has 35 heavy (non-hydrogen) atoms. The molecule has 7 heteroatoms. The lowest BCUT2D eigenvalue weighted by atomic mass is 9.93. The number of aliphatic hydroxyl groups excluding tert-OH is 1. The average molecular weight is 478 g/mol. The number of hydrogen-bond acceptors (Lipinski definition) is 6. The molecule has 1 unspecified atom stereocenters. The molecule has 0 aliphatic carbocycles. The molecule has 0 saturated carbocycles. The highest BCUT2D eigenvalue weighted by Gasteiger charge is 2.45. The Bertz CT molecular complexity index is 1120. The molecule has 1 aliphatic rings. The van der Waals surface area contributed by atoms with Gasteiger partial charge in [-0.25, -0.2) is 0 Å². The number of likely N-dealkylation sites (tertiary alicyclic amines) is 1. The maximum absolute atomic E-state index is 13.2. The van der Waals surface area contributed by atoms with Crippen LogP contribution in [0, 0.1) is 6.92 Å². The van der Waals surface area contributed by atoms with Gasteiger partial charge in [0.15, 0.2) is 0 Å². The van der Waals surface area contributed by atoms with Crippen LogP contribution in [0.3, 0.4) is 0 Å². The van der Waals surface area contributed by atoms with Crippen LogP contribution in [0.5, 0.6) is 5.75 Å². The Hall–Kier alpha value is -3.58. The highest BCUT2D eigenvalue weighted by Crippen LogP contribution is 2.40. The number of carbonyl (C=O) groups excluding carboxylic acids is 2. The summed E-state index contributed by atoms with van der Waals surface area (Å²) in [4.78, 5) is 32.0. The van der Waals surface area contributed by atoms with Gasteiger partial charge in [-0.3, -0.25) is 9.59 Å². The van der Waals surface area contributed by atoms with Gasteiger partial charge in [-0.15, -0.1) is 0 Å². The second kappa shape index (κ2) is 11.2. The van der Waals surface area contributed by atoms with Crippen molar-refractivity contribution in [1.29, 1.82) is 0 Å². The molecule has 1 fully saturated rings. The molecule has 186 valence electrons. The number of ketones is 1. The summed E-state index contributed by atoms with van der Waals surface area (Å²) in [5.74, 6) is -0.789. The molecule has 1 atom stereocenters. The number of carbonyl (C=O) groups is 2. The first-order valence-electron chi connectivity index (χ1n) is 11.7. The molecule has 1 aliphatic heterocycles. The quantitative estimate of drug-likeness (QED) is 0.241. The van der Waals surface area contributed by atoms with Crippen LogP contribution in [0.15, 0.2) is 60.7 Å². The van der Waals surface area contributed by atoms with Gasteiger partial charge >= 0.3 is 0 Å². The third-order valence-corrected chi connectivity index (χ3v) is 6.09. The molecular weight excluding hydrogens is 442 g/mol. The van der Waals surface area contributed by atoms with Crippen molar-refractivity contribution in [2.45, 2.75) is 19.4 Å². The zero-order valence-corrected chi connectivity index (χ0v) is 21.2. The van der Waals surface area contributed by atoms with Crippen molar-refractivity contribution in [1.82, 2.24) is 9.80 Å². The maximum atomic E-state index is 13.2. The van der Waals surface area contributed by atoms with Gasteiger partial charge in [-0.05, 0) is 75.4 Å². The minimum absolute atomic E-state index is 0.111. The first-order chi connectivity index (χ1) is 16.6. The SMILES string of the molecule is C=CCOc1ccc(C(O)=C2C(=O)C(=O)N(CCCN(C)C)C2c2ccc(N(C)C)cc2)c(C)c1. The number of nitrogens with zero attached hydrogens (tertiary/aromatic N) is 3. The van der Waals surface area contributed by atoms with E-state index in [1.165, 1.54) is 0 Å². The van der Waals surface area contributed by atoms with E-state index in [1.807, 2.05) is 69.2 Å². The number of anilines is 1. The summed E-state index contributed by atoms with van der Waals surface area (Å²) in [6.45, 7) is 7.04. The van der Waals surface area contributed by atoms with E-state index in [0.717, 1.165) is 23.4 Å². The molecule has 0 aromatic heterocycles. The van der Waals surface area contributed by atoms with Gasteiger partial charge in [0.25, 0.3) is 11.7 Å². The van der Waals surface area contributed by atoms with Gasteiger partial charge in [0.1, 0.15) is 18.1 Å². The number of aryl methyl sites for hydroxylation is 1. The topological polar surface area (TPSA) is 73.3 Å². The molecule has 2 aromatic rings. The first-order valence-corrected chi connectivity index (χ1v) is 11.7. The summed E-state index contributed by atoms with van der Waals surface area (Å²) in [6, 6.07) is 12.3. The second-order valence-electron chi connectivity index (χ2n) is 9.21. The lowest BCUT2D eigenvalue weighted by Crippen LogP contribution is -2.32. The molecule has 0 spiro atoms. The monoisotopic (exact) mass is 477 g/mol. The Morgan fingerprint density at radius 1 is 1.11 bits per heavy atom. The molecule has 1 amide bonds. The molecule has 3 rings (SSSR count). The standard InChI is InChI=1S/C28H35N3O4/c1-7-17-35-22-13-14-23(19(2)18-22)26(32)24-25(20-9-11-21(12-10-20)30(5)6)31(28(34)27(24)33)16-8-15-29(3)4/h7,9-14,18,25,32H,1,8,15-17H2,2-6H3. The molecule has 0 bridgehead atoms. The zero-order valence-electron chi connectivity index (χ0n) is 21.2. The van der Waals surface area contributed by atoms with E-state index in [-0.39, 0.29) is 11.3 Å². The minimum atomic E-state index is -0.666. The number of hydrogen-bond donors (Lipinski definition) is 1. The molecule has 0 radical (unpaired) electrons. The van der Waals surface area contributed by atoms with Crippen LogP contribution in [0.4, 0.5) is 5.69 Å². The smallest absolute Gasteiger partial charge is 0.295 e. The number of rotatable bonds is 10. The number of Topliss-reactive ketones (excluding diaryl/α,β-unsaturated/α-hetero) is 1. The normalized spacial score (nSPS) is 17.2. The zero-order chi connectivity index (χ0) is 25.7. The van der Waals surface area contributed by atoms with Crippen LogP contribution in [0.25, 0.3) is 5.76 Å². The van der Waals surface area contributed by atoms with Gasteiger partial charge < -0.3 is 24.5 Å². The molecule has 1 N–H and O–H groups in total. The van der Waals surface area contributed by atoms with Crippen molar-refractivity contribution >= 4 is 23.1 Å². The molecular formula is C28H35N3O4. The summed E-state index contributed by atoms with van der Waals surface area (Å²) in [5.41, 5.74) is 3.14. The highest BCUT2D eigenvalue weighted by molar-refractivity contribution is 6.46. The fraction of sp³-hybridized carbons (Fsp3) is 0.357. The fourth-order valence-corrected chi connectivity index (χ4v) is 4.26. The maximum Gasteiger partial charge on any atom is 0.295 e. The second-order valence-corrected chi connectivity index (χ2v) is 9.21. The van der Waals surface area contributed by atoms with Crippen molar-refractivity contribution in [3.8, 4) is 5.75 Å². The Morgan fingerprint density at radius 3 is 2.37 bits per heavy atom. The molecule has 7 nitrogen and oxygen atoms in total. The minimum Gasteiger partial charge on any atom is -0.507 e. The third kappa shape index (κ3) is 5.74. The van der Waals surface area contributed by atoms with Gasteiger partial charge in [-0.1, -0.05) is 24.8 Å². The third-order valence-electron chi connectivity index (χ3n) is 6.09. The summed E-state index contributed by atoms with van der Waals surface area (Å²) in [7, 11) is 7.84. The lowest BCUT2D eigenvalue weighted by molar-refractivity contribution is -0.139. The number of amides is 1. The van der Waals surface area contributed by atoms with Crippen LogP contribution in [0.2, 0.25) is 0 Å². The summed E-state index contributed by atoms with van der Waals surface area (Å²) in [5, 5.41) is 11.4. The summed E-state index contributed by atoms with van der Waals surface area (Å²) < 4.78 is 5.58. The van der Waals surface area contributed by atoms with E-state index < -0.39 is 17.7 Å². The van der Waals surface area contributed by atoms with Crippen molar-refractivity contribution in [2.24, 2.45) is 0 Å². The van der Waals surface area contributed by atoms with E-state index in [1.54, 1.807) is 29.2 Å². The van der Waals surface area contributed by atoms with Gasteiger partial charge in [-0.2, -0.15) is 0 Å². The Kier molecular flexibility index (Phi) is 8.35. The predicted molar refractivity (Wildman–Crippen MR) is 140 cm³/mol. The van der Waals surface area contributed by atoms with Crippen LogP contribution in [-0.4, -0.2) is 74.5 Å². The van der Waals surface area contributed by atoms with E-state index in [4.69, 9.17) is 4.74 Å². The fourth-order valence-electron chi connectivity index (χ4n) is 4.26. The van der Waals surface area contributed by atoms with Crippen molar-refractivity contribution in [2.75, 3.05) is 52.8 Å². The van der Waals surface area contributed by atoms with Crippen LogP contribution >= 0.6 is 0 Å².